The fraction of sp³-hybridized carbons (Fsp3) is 0.667. The second-order valence-electron chi connectivity index (χ2n) is 6.63. The molecule has 1 aromatic rings. The van der Waals surface area contributed by atoms with Crippen molar-refractivity contribution in [2.75, 3.05) is 26.2 Å². The highest BCUT2D eigenvalue weighted by molar-refractivity contribution is 6.30. The second-order valence-corrected chi connectivity index (χ2v) is 7.07. The molecule has 1 aromatic carbocycles. The van der Waals surface area contributed by atoms with Crippen LogP contribution in [0.25, 0.3) is 0 Å². The van der Waals surface area contributed by atoms with E-state index in [0.717, 1.165) is 11.1 Å². The van der Waals surface area contributed by atoms with Gasteiger partial charge in [-0.2, -0.15) is 0 Å². The van der Waals surface area contributed by atoms with E-state index >= 15 is 0 Å². The molecule has 116 valence electrons. The number of rotatable bonds is 6. The van der Waals surface area contributed by atoms with Gasteiger partial charge in [-0.15, -0.1) is 0 Å². The third-order valence-electron chi connectivity index (χ3n) is 4.99. The van der Waals surface area contributed by atoms with Crippen LogP contribution >= 0.6 is 11.6 Å². The fourth-order valence-electron chi connectivity index (χ4n) is 3.61. The van der Waals surface area contributed by atoms with Crippen LogP contribution in [0.4, 0.5) is 0 Å². The van der Waals surface area contributed by atoms with E-state index in [4.69, 9.17) is 11.6 Å². The van der Waals surface area contributed by atoms with Crippen LogP contribution in [-0.4, -0.2) is 37.1 Å². The van der Waals surface area contributed by atoms with Crippen LogP contribution in [-0.2, 0) is 0 Å². The number of hydrogen-bond acceptors (Lipinski definition) is 2. The quantitative estimate of drug-likeness (QED) is 0.798. The highest BCUT2D eigenvalue weighted by Crippen LogP contribution is 2.37. The Morgan fingerprint density at radius 2 is 1.95 bits per heavy atom. The van der Waals surface area contributed by atoms with Gasteiger partial charge in [0.25, 0.3) is 0 Å². The van der Waals surface area contributed by atoms with Crippen molar-refractivity contribution in [2.45, 2.75) is 50.5 Å². The fourth-order valence-corrected chi connectivity index (χ4v) is 3.81. The van der Waals surface area contributed by atoms with Crippen LogP contribution in [0.5, 0.6) is 0 Å². The molecule has 2 aliphatic rings. The Balaban J connectivity index is 1.28. The van der Waals surface area contributed by atoms with Crippen LogP contribution in [0.1, 0.15) is 50.0 Å². The minimum Gasteiger partial charge on any atom is -0.314 e. The molecule has 1 N–H and O–H groups in total. The van der Waals surface area contributed by atoms with Crippen LogP contribution in [0.3, 0.4) is 0 Å². The average molecular weight is 307 g/mol. The summed E-state index contributed by atoms with van der Waals surface area (Å²) in [5, 5.41) is 4.58. The first-order chi connectivity index (χ1) is 10.3. The summed E-state index contributed by atoms with van der Waals surface area (Å²) in [6.07, 6.45) is 8.06. The van der Waals surface area contributed by atoms with Crippen molar-refractivity contribution in [1.29, 1.82) is 0 Å². The summed E-state index contributed by atoms with van der Waals surface area (Å²) >= 11 is 6.06. The van der Waals surface area contributed by atoms with Gasteiger partial charge in [0, 0.05) is 11.1 Å². The van der Waals surface area contributed by atoms with E-state index in [1.54, 1.807) is 0 Å². The summed E-state index contributed by atoms with van der Waals surface area (Å²) in [4.78, 5) is 2.63. The molecule has 3 rings (SSSR count). The average Bonchev–Trinajstić information content (AvgIpc) is 2.46. The Labute approximate surface area is 133 Å². The molecule has 1 aliphatic heterocycles. The highest BCUT2D eigenvalue weighted by atomic mass is 35.5. The molecule has 0 unspecified atom stereocenters. The lowest BCUT2D eigenvalue weighted by molar-refractivity contribution is 0.220. The number of piperidine rings is 1. The van der Waals surface area contributed by atoms with Gasteiger partial charge in [0.1, 0.15) is 0 Å². The molecule has 21 heavy (non-hydrogen) atoms. The molecule has 1 saturated heterocycles. The van der Waals surface area contributed by atoms with Gasteiger partial charge in [-0.05, 0) is 81.9 Å². The zero-order chi connectivity index (χ0) is 14.5. The lowest BCUT2D eigenvalue weighted by Gasteiger charge is -2.36. The van der Waals surface area contributed by atoms with Crippen LogP contribution < -0.4 is 5.32 Å². The van der Waals surface area contributed by atoms with Crippen LogP contribution in [0, 0.1) is 0 Å². The lowest BCUT2D eigenvalue weighted by Crippen LogP contribution is -2.41. The lowest BCUT2D eigenvalue weighted by atomic mass is 9.76. The van der Waals surface area contributed by atoms with Crippen molar-refractivity contribution in [1.82, 2.24) is 10.2 Å². The Kier molecular flexibility index (Phi) is 5.56. The Morgan fingerprint density at radius 1 is 1.14 bits per heavy atom. The van der Waals surface area contributed by atoms with Crippen molar-refractivity contribution >= 4 is 11.6 Å². The minimum atomic E-state index is 0.711. The third kappa shape index (κ3) is 4.45. The highest BCUT2D eigenvalue weighted by Gasteiger charge is 2.29. The molecule has 0 spiro atoms. The molecule has 1 saturated carbocycles. The molecule has 0 atom stereocenters. The van der Waals surface area contributed by atoms with E-state index in [0.29, 0.717) is 5.92 Å². The minimum absolute atomic E-state index is 0.711. The molecular formula is C18H27ClN2. The zero-order valence-electron chi connectivity index (χ0n) is 12.9. The summed E-state index contributed by atoms with van der Waals surface area (Å²) in [5.41, 5.74) is 1.41. The summed E-state index contributed by atoms with van der Waals surface area (Å²) in [7, 11) is 0. The maximum absolute atomic E-state index is 6.06. The molecule has 3 heteroatoms. The SMILES string of the molecule is Clc1cccc(C2CC(NCCCN3CCCCC3)C2)c1. The van der Waals surface area contributed by atoms with Crippen molar-refractivity contribution in [3.63, 3.8) is 0 Å². The Hall–Kier alpha value is -0.570. The van der Waals surface area contributed by atoms with Gasteiger partial charge in [0.15, 0.2) is 0 Å². The standard InChI is InChI=1S/C18H27ClN2/c19-17-7-4-6-15(12-17)16-13-18(14-16)20-8-5-11-21-9-2-1-3-10-21/h4,6-7,12,16,18,20H,1-3,5,8-11,13-14H2. The molecule has 2 fully saturated rings. The van der Waals surface area contributed by atoms with E-state index in [-0.39, 0.29) is 0 Å². The van der Waals surface area contributed by atoms with E-state index in [1.807, 2.05) is 6.07 Å². The van der Waals surface area contributed by atoms with Crippen LogP contribution in [0.2, 0.25) is 5.02 Å². The maximum atomic E-state index is 6.06. The smallest absolute Gasteiger partial charge is 0.0408 e. The van der Waals surface area contributed by atoms with E-state index < -0.39 is 0 Å². The Bertz CT molecular complexity index is 437. The van der Waals surface area contributed by atoms with Crippen molar-refractivity contribution in [3.05, 3.63) is 34.9 Å². The zero-order valence-corrected chi connectivity index (χ0v) is 13.6. The number of likely N-dealkylation sites (tertiary alicyclic amines) is 1. The van der Waals surface area contributed by atoms with Gasteiger partial charge in [-0.25, -0.2) is 0 Å². The monoisotopic (exact) mass is 306 g/mol. The summed E-state index contributed by atoms with van der Waals surface area (Å²) in [5.74, 6) is 0.711. The number of halogens is 1. The number of nitrogens with zero attached hydrogens (tertiary/aromatic N) is 1. The number of hydrogen-bond donors (Lipinski definition) is 1. The third-order valence-corrected chi connectivity index (χ3v) is 5.23. The second kappa shape index (κ2) is 7.62. The van der Waals surface area contributed by atoms with Crippen LogP contribution in [0.15, 0.2) is 24.3 Å². The largest absolute Gasteiger partial charge is 0.314 e. The summed E-state index contributed by atoms with van der Waals surface area (Å²) in [6, 6.07) is 9.08. The predicted molar refractivity (Wildman–Crippen MR) is 90.1 cm³/mol. The Morgan fingerprint density at radius 3 is 2.71 bits per heavy atom. The molecule has 0 amide bonds. The molecular weight excluding hydrogens is 280 g/mol. The number of benzene rings is 1. The van der Waals surface area contributed by atoms with Gasteiger partial charge in [-0.3, -0.25) is 0 Å². The normalized spacial score (nSPS) is 26.5. The van der Waals surface area contributed by atoms with Crippen molar-refractivity contribution in [3.8, 4) is 0 Å². The molecule has 0 bridgehead atoms. The van der Waals surface area contributed by atoms with E-state index in [9.17, 15) is 0 Å². The van der Waals surface area contributed by atoms with Gasteiger partial charge in [-0.1, -0.05) is 30.2 Å². The molecule has 2 nitrogen and oxygen atoms in total. The first-order valence-electron chi connectivity index (χ1n) is 8.52. The predicted octanol–water partition coefficient (Wildman–Crippen LogP) is 4.05. The van der Waals surface area contributed by atoms with Crippen molar-refractivity contribution < 1.29 is 0 Å². The van der Waals surface area contributed by atoms with E-state index in [1.165, 1.54) is 70.3 Å². The molecule has 0 aromatic heterocycles. The topological polar surface area (TPSA) is 15.3 Å². The van der Waals surface area contributed by atoms with Gasteiger partial charge in [0.2, 0.25) is 0 Å². The molecule has 0 radical (unpaired) electrons. The van der Waals surface area contributed by atoms with Gasteiger partial charge < -0.3 is 10.2 Å². The van der Waals surface area contributed by atoms with Gasteiger partial charge >= 0.3 is 0 Å². The summed E-state index contributed by atoms with van der Waals surface area (Å²) in [6.45, 7) is 5.08. The first kappa shape index (κ1) is 15.3. The number of nitrogens with one attached hydrogen (secondary N) is 1. The first-order valence-corrected chi connectivity index (χ1v) is 8.90. The van der Waals surface area contributed by atoms with Crippen molar-refractivity contribution in [2.24, 2.45) is 0 Å². The van der Waals surface area contributed by atoms with E-state index in [2.05, 4.69) is 28.4 Å². The molecule has 1 heterocycles. The molecule has 1 aliphatic carbocycles. The maximum Gasteiger partial charge on any atom is 0.0408 e. The summed E-state index contributed by atoms with van der Waals surface area (Å²) < 4.78 is 0. The van der Waals surface area contributed by atoms with Gasteiger partial charge in [0.05, 0.1) is 0 Å².